The molecule has 8 heteroatoms. The molecular weight excluding hydrogens is 396 g/mol. The maximum Gasteiger partial charge on any atom is 0.279 e. The Hall–Kier alpha value is -2.89. The summed E-state index contributed by atoms with van der Waals surface area (Å²) in [5.74, 6) is 2.76. The van der Waals surface area contributed by atoms with E-state index in [0.717, 1.165) is 22.2 Å². The Balaban J connectivity index is 2.11. The van der Waals surface area contributed by atoms with Gasteiger partial charge in [0, 0.05) is 11.8 Å². The average Bonchev–Trinajstić information content (AvgIpc) is 2.98. The SMILES string of the molecule is C#CCn1c(=NC(=O)c2cccc(S(C)(=O)=O)c2)sc2cc(OCC)ccc21. The van der Waals surface area contributed by atoms with Gasteiger partial charge in [0.15, 0.2) is 14.6 Å². The van der Waals surface area contributed by atoms with Gasteiger partial charge < -0.3 is 9.30 Å². The summed E-state index contributed by atoms with van der Waals surface area (Å²) in [5, 5.41) is 0. The number of carbonyl (C=O) groups is 1. The fourth-order valence-corrected chi connectivity index (χ4v) is 4.37. The lowest BCUT2D eigenvalue weighted by Gasteiger charge is -2.03. The van der Waals surface area contributed by atoms with E-state index in [1.165, 1.54) is 35.6 Å². The number of ether oxygens (including phenoxy) is 1. The molecule has 0 saturated carbocycles. The number of benzene rings is 2. The molecule has 0 N–H and O–H groups in total. The number of sulfone groups is 1. The number of hydrogen-bond acceptors (Lipinski definition) is 5. The molecule has 2 aromatic carbocycles. The number of terminal acetylenes is 1. The lowest BCUT2D eigenvalue weighted by molar-refractivity contribution is 0.0997. The minimum Gasteiger partial charge on any atom is -0.494 e. The summed E-state index contributed by atoms with van der Waals surface area (Å²) in [6.45, 7) is 2.71. The summed E-state index contributed by atoms with van der Waals surface area (Å²) < 4.78 is 31.6. The molecule has 0 atom stereocenters. The Kier molecular flexibility index (Phi) is 5.68. The maximum atomic E-state index is 12.7. The van der Waals surface area contributed by atoms with Gasteiger partial charge in [0.2, 0.25) is 0 Å². The van der Waals surface area contributed by atoms with E-state index in [2.05, 4.69) is 10.9 Å². The molecule has 3 aromatic rings. The highest BCUT2D eigenvalue weighted by Gasteiger charge is 2.13. The molecule has 6 nitrogen and oxygen atoms in total. The van der Waals surface area contributed by atoms with Crippen LogP contribution in [0.1, 0.15) is 17.3 Å². The van der Waals surface area contributed by atoms with Gasteiger partial charge in [0.25, 0.3) is 5.91 Å². The molecule has 1 aromatic heterocycles. The quantitative estimate of drug-likeness (QED) is 0.602. The molecule has 3 rings (SSSR count). The molecule has 0 aliphatic carbocycles. The first-order valence-corrected chi connectivity index (χ1v) is 11.1. The molecule has 0 unspecified atom stereocenters. The molecular formula is C20H18N2O4S2. The van der Waals surface area contributed by atoms with Crippen LogP contribution in [0.25, 0.3) is 10.2 Å². The first kappa shape index (κ1) is 19.9. The monoisotopic (exact) mass is 414 g/mol. The van der Waals surface area contributed by atoms with Gasteiger partial charge in [-0.2, -0.15) is 4.99 Å². The molecule has 1 amide bonds. The molecule has 1 heterocycles. The first-order valence-electron chi connectivity index (χ1n) is 8.42. The molecule has 28 heavy (non-hydrogen) atoms. The van der Waals surface area contributed by atoms with Crippen molar-refractivity contribution in [2.24, 2.45) is 4.99 Å². The fraction of sp³-hybridized carbons (Fsp3) is 0.200. The maximum absolute atomic E-state index is 12.7. The minimum absolute atomic E-state index is 0.0720. The summed E-state index contributed by atoms with van der Waals surface area (Å²) in [6, 6.07) is 11.4. The number of carbonyl (C=O) groups excluding carboxylic acids is 1. The Morgan fingerprint density at radius 1 is 1.29 bits per heavy atom. The summed E-state index contributed by atoms with van der Waals surface area (Å²) >= 11 is 1.32. The third-order valence-electron chi connectivity index (χ3n) is 3.92. The molecule has 0 aliphatic heterocycles. The van der Waals surface area contributed by atoms with Crippen LogP contribution in [0.3, 0.4) is 0 Å². The zero-order valence-electron chi connectivity index (χ0n) is 15.4. The van der Waals surface area contributed by atoms with Crippen LogP contribution in [0.2, 0.25) is 0 Å². The molecule has 0 spiro atoms. The van der Waals surface area contributed by atoms with Crippen LogP contribution >= 0.6 is 11.3 Å². The number of amides is 1. The van der Waals surface area contributed by atoms with Crippen molar-refractivity contribution in [2.75, 3.05) is 12.9 Å². The standard InChI is InChI=1S/C20H18N2O4S2/c1-4-11-22-17-10-9-15(26-5-2)13-18(17)27-20(22)21-19(23)14-7-6-8-16(12-14)28(3,24)25/h1,6-10,12-13H,5,11H2,2-3H3. The van der Waals surface area contributed by atoms with Crippen LogP contribution in [0, 0.1) is 12.3 Å². The van der Waals surface area contributed by atoms with Gasteiger partial charge in [-0.05, 0) is 43.3 Å². The number of hydrogen-bond donors (Lipinski definition) is 0. The zero-order valence-corrected chi connectivity index (χ0v) is 17.0. The van der Waals surface area contributed by atoms with Crippen molar-refractivity contribution in [3.8, 4) is 18.1 Å². The van der Waals surface area contributed by atoms with Gasteiger partial charge in [-0.3, -0.25) is 4.79 Å². The highest BCUT2D eigenvalue weighted by atomic mass is 32.2. The average molecular weight is 415 g/mol. The predicted molar refractivity (Wildman–Crippen MR) is 109 cm³/mol. The molecule has 0 aliphatic rings. The predicted octanol–water partition coefficient (Wildman–Crippen LogP) is 2.88. The molecule has 0 bridgehead atoms. The molecule has 0 radical (unpaired) electrons. The van der Waals surface area contributed by atoms with Crippen LogP contribution < -0.4 is 9.54 Å². The van der Waals surface area contributed by atoms with E-state index in [0.29, 0.717) is 11.4 Å². The normalized spacial score (nSPS) is 12.1. The van der Waals surface area contributed by atoms with Crippen molar-refractivity contribution >= 4 is 37.3 Å². The van der Waals surface area contributed by atoms with Crippen LogP contribution in [0.5, 0.6) is 5.75 Å². The van der Waals surface area contributed by atoms with Crippen molar-refractivity contribution < 1.29 is 17.9 Å². The van der Waals surface area contributed by atoms with E-state index < -0.39 is 15.7 Å². The van der Waals surface area contributed by atoms with Gasteiger partial charge in [0.1, 0.15) is 5.75 Å². The molecule has 0 fully saturated rings. The highest BCUT2D eigenvalue weighted by Crippen LogP contribution is 2.23. The third kappa shape index (κ3) is 4.16. The summed E-state index contributed by atoms with van der Waals surface area (Å²) in [5.41, 5.74) is 1.05. The Bertz CT molecular complexity index is 1260. The Morgan fingerprint density at radius 2 is 2.07 bits per heavy atom. The van der Waals surface area contributed by atoms with Crippen molar-refractivity contribution in [3.63, 3.8) is 0 Å². The van der Waals surface area contributed by atoms with E-state index in [1.807, 2.05) is 25.1 Å². The zero-order chi connectivity index (χ0) is 20.3. The van der Waals surface area contributed by atoms with Crippen molar-refractivity contribution in [2.45, 2.75) is 18.4 Å². The van der Waals surface area contributed by atoms with Crippen LogP contribution in [0.15, 0.2) is 52.4 Å². The lowest BCUT2D eigenvalue weighted by atomic mass is 10.2. The molecule has 144 valence electrons. The summed E-state index contributed by atoms with van der Waals surface area (Å²) in [4.78, 5) is 17.4. The third-order valence-corrected chi connectivity index (χ3v) is 6.07. The molecule has 0 saturated heterocycles. The van der Waals surface area contributed by atoms with E-state index in [-0.39, 0.29) is 17.0 Å². The number of nitrogens with zero attached hydrogens (tertiary/aromatic N) is 2. The largest absolute Gasteiger partial charge is 0.494 e. The van der Waals surface area contributed by atoms with E-state index in [1.54, 1.807) is 4.57 Å². The number of thiazole rings is 1. The second-order valence-electron chi connectivity index (χ2n) is 5.95. The smallest absolute Gasteiger partial charge is 0.279 e. The number of rotatable bonds is 5. The summed E-state index contributed by atoms with van der Waals surface area (Å²) in [6.07, 6.45) is 6.58. The topological polar surface area (TPSA) is 77.7 Å². The van der Waals surface area contributed by atoms with Gasteiger partial charge >= 0.3 is 0 Å². The lowest BCUT2D eigenvalue weighted by Crippen LogP contribution is -2.16. The van der Waals surface area contributed by atoms with Gasteiger partial charge in [-0.15, -0.1) is 6.42 Å². The van der Waals surface area contributed by atoms with Gasteiger partial charge in [-0.25, -0.2) is 8.42 Å². The summed E-state index contributed by atoms with van der Waals surface area (Å²) in [7, 11) is -3.42. The van der Waals surface area contributed by atoms with E-state index in [9.17, 15) is 13.2 Å². The van der Waals surface area contributed by atoms with E-state index in [4.69, 9.17) is 11.2 Å². The number of aromatic nitrogens is 1. The number of fused-ring (bicyclic) bond motifs is 1. The van der Waals surface area contributed by atoms with Gasteiger partial charge in [0.05, 0.1) is 28.3 Å². The van der Waals surface area contributed by atoms with Crippen LogP contribution in [-0.4, -0.2) is 31.8 Å². The van der Waals surface area contributed by atoms with Gasteiger partial charge in [-0.1, -0.05) is 23.3 Å². The van der Waals surface area contributed by atoms with Crippen LogP contribution in [-0.2, 0) is 16.4 Å². The Labute approximate surface area is 167 Å². The Morgan fingerprint density at radius 3 is 2.75 bits per heavy atom. The second-order valence-corrected chi connectivity index (χ2v) is 8.98. The van der Waals surface area contributed by atoms with Crippen molar-refractivity contribution in [3.05, 3.63) is 52.8 Å². The van der Waals surface area contributed by atoms with Crippen molar-refractivity contribution in [1.29, 1.82) is 0 Å². The highest BCUT2D eigenvalue weighted by molar-refractivity contribution is 7.90. The van der Waals surface area contributed by atoms with Crippen molar-refractivity contribution in [1.82, 2.24) is 4.57 Å². The van der Waals surface area contributed by atoms with E-state index >= 15 is 0 Å². The fourth-order valence-electron chi connectivity index (χ4n) is 2.65. The minimum atomic E-state index is -3.42. The van der Waals surface area contributed by atoms with Crippen LogP contribution in [0.4, 0.5) is 0 Å². The second kappa shape index (κ2) is 8.00. The first-order chi connectivity index (χ1) is 13.3.